The summed E-state index contributed by atoms with van der Waals surface area (Å²) < 4.78 is 0. The zero-order chi connectivity index (χ0) is 12.7. The van der Waals surface area contributed by atoms with Gasteiger partial charge in [-0.05, 0) is 45.6 Å². The molecule has 0 spiro atoms. The minimum atomic E-state index is 0.275. The zero-order valence-electron chi connectivity index (χ0n) is 11.4. The van der Waals surface area contributed by atoms with Crippen molar-refractivity contribution in [2.24, 2.45) is 5.92 Å². The number of allylic oxidation sites excluding steroid dienone is 3. The van der Waals surface area contributed by atoms with Gasteiger partial charge in [0.2, 0.25) is 0 Å². The first-order valence-corrected chi connectivity index (χ1v) is 6.69. The normalized spacial score (nSPS) is 23.4. The molecule has 2 nitrogen and oxygen atoms in total. The van der Waals surface area contributed by atoms with E-state index in [0.717, 1.165) is 13.0 Å². The minimum absolute atomic E-state index is 0.275. The fraction of sp³-hybridized carbons (Fsp3) is 0.667. The molecule has 1 N–H and O–H groups in total. The van der Waals surface area contributed by atoms with Crippen LogP contribution in [0.5, 0.6) is 0 Å². The van der Waals surface area contributed by atoms with Crippen LogP contribution in [0.25, 0.3) is 0 Å². The van der Waals surface area contributed by atoms with Crippen LogP contribution in [0.1, 0.15) is 46.0 Å². The first-order valence-electron chi connectivity index (χ1n) is 6.69. The summed E-state index contributed by atoms with van der Waals surface area (Å²) in [6.07, 6.45) is 10.0. The third-order valence-electron chi connectivity index (χ3n) is 3.39. The molecule has 0 amide bonds. The highest BCUT2D eigenvalue weighted by molar-refractivity contribution is 5.78. The van der Waals surface area contributed by atoms with Gasteiger partial charge in [0.25, 0.3) is 0 Å². The van der Waals surface area contributed by atoms with Crippen molar-refractivity contribution in [2.75, 3.05) is 13.6 Å². The van der Waals surface area contributed by atoms with Crippen LogP contribution in [-0.4, -0.2) is 19.4 Å². The Morgan fingerprint density at radius 2 is 2.29 bits per heavy atom. The second-order valence-corrected chi connectivity index (χ2v) is 4.89. The Balaban J connectivity index is 2.69. The fourth-order valence-electron chi connectivity index (χ4n) is 2.48. The topological polar surface area (TPSA) is 29.1 Å². The Bertz CT molecular complexity index is 315. The number of hydrogen-bond donors (Lipinski definition) is 1. The van der Waals surface area contributed by atoms with E-state index in [-0.39, 0.29) is 5.78 Å². The van der Waals surface area contributed by atoms with Gasteiger partial charge >= 0.3 is 0 Å². The molecule has 0 aromatic carbocycles. The molecule has 0 saturated heterocycles. The van der Waals surface area contributed by atoms with Crippen LogP contribution < -0.4 is 5.32 Å². The number of rotatable bonds is 6. The molecule has 1 rings (SSSR count). The van der Waals surface area contributed by atoms with Crippen LogP contribution in [0, 0.1) is 5.92 Å². The molecular formula is C15H25NO. The van der Waals surface area contributed by atoms with Gasteiger partial charge in [-0.3, -0.25) is 4.79 Å². The SMILES string of the molecule is CC/C(=C\[C@H]1CCC/C1=C\CNC)CC(C)=O. The van der Waals surface area contributed by atoms with Gasteiger partial charge in [-0.25, -0.2) is 0 Å². The summed E-state index contributed by atoms with van der Waals surface area (Å²) in [7, 11) is 1.98. The second kappa shape index (κ2) is 7.44. The second-order valence-electron chi connectivity index (χ2n) is 4.89. The smallest absolute Gasteiger partial charge is 0.133 e. The average molecular weight is 235 g/mol. The Labute approximate surface area is 105 Å². The molecule has 1 fully saturated rings. The van der Waals surface area contributed by atoms with Gasteiger partial charge in [0, 0.05) is 13.0 Å². The van der Waals surface area contributed by atoms with Crippen molar-refractivity contribution < 1.29 is 4.79 Å². The van der Waals surface area contributed by atoms with E-state index >= 15 is 0 Å². The van der Waals surface area contributed by atoms with Crippen LogP contribution in [0.4, 0.5) is 0 Å². The molecule has 1 atom stereocenters. The molecule has 1 aliphatic carbocycles. The zero-order valence-corrected chi connectivity index (χ0v) is 11.4. The highest BCUT2D eigenvalue weighted by atomic mass is 16.1. The van der Waals surface area contributed by atoms with E-state index in [0.29, 0.717) is 12.3 Å². The van der Waals surface area contributed by atoms with Crippen molar-refractivity contribution in [1.82, 2.24) is 5.32 Å². The number of carbonyl (C=O) groups is 1. The predicted molar refractivity (Wildman–Crippen MR) is 73.0 cm³/mol. The molecule has 1 aliphatic rings. The molecule has 0 aromatic heterocycles. The molecular weight excluding hydrogens is 210 g/mol. The highest BCUT2D eigenvalue weighted by Gasteiger charge is 2.18. The summed E-state index contributed by atoms with van der Waals surface area (Å²) >= 11 is 0. The number of carbonyl (C=O) groups excluding carboxylic acids is 1. The summed E-state index contributed by atoms with van der Waals surface area (Å²) in [6, 6.07) is 0. The molecule has 0 aromatic rings. The minimum Gasteiger partial charge on any atom is -0.316 e. The lowest BCUT2D eigenvalue weighted by Gasteiger charge is -2.10. The number of hydrogen-bond acceptors (Lipinski definition) is 2. The van der Waals surface area contributed by atoms with Crippen LogP contribution in [0.2, 0.25) is 0 Å². The molecule has 2 heteroatoms. The Hall–Kier alpha value is -0.890. The maximum Gasteiger partial charge on any atom is 0.133 e. The summed E-state index contributed by atoms with van der Waals surface area (Å²) in [5.41, 5.74) is 2.86. The predicted octanol–water partition coefficient (Wildman–Crippen LogP) is 3.25. The van der Waals surface area contributed by atoms with Gasteiger partial charge in [-0.2, -0.15) is 0 Å². The highest BCUT2D eigenvalue weighted by Crippen LogP contribution is 2.33. The van der Waals surface area contributed by atoms with Crippen LogP contribution >= 0.6 is 0 Å². The molecule has 17 heavy (non-hydrogen) atoms. The molecule has 0 unspecified atom stereocenters. The van der Waals surface area contributed by atoms with Crippen molar-refractivity contribution in [3.8, 4) is 0 Å². The van der Waals surface area contributed by atoms with Gasteiger partial charge in [-0.1, -0.05) is 30.2 Å². The van der Waals surface area contributed by atoms with Crippen LogP contribution in [-0.2, 0) is 4.79 Å². The van der Waals surface area contributed by atoms with Crippen LogP contribution in [0.3, 0.4) is 0 Å². The quantitative estimate of drug-likeness (QED) is 0.716. The fourth-order valence-corrected chi connectivity index (χ4v) is 2.48. The van der Waals surface area contributed by atoms with Crippen molar-refractivity contribution in [3.63, 3.8) is 0 Å². The third kappa shape index (κ3) is 4.86. The maximum absolute atomic E-state index is 11.2. The standard InChI is InChI=1S/C15H25NO/c1-4-13(10-12(2)17)11-15-7-5-6-14(15)8-9-16-3/h8,11,15-16H,4-7,9-10H2,1-3H3/b13-11+,14-8+/t15-/m1/s1. The van der Waals surface area contributed by atoms with E-state index < -0.39 is 0 Å². The lowest BCUT2D eigenvalue weighted by Crippen LogP contribution is -2.06. The molecule has 1 saturated carbocycles. The largest absolute Gasteiger partial charge is 0.316 e. The van der Waals surface area contributed by atoms with E-state index in [2.05, 4.69) is 24.4 Å². The summed E-state index contributed by atoms with van der Waals surface area (Å²) in [5.74, 6) is 0.856. The van der Waals surface area contributed by atoms with E-state index in [1.807, 2.05) is 7.05 Å². The Kier molecular flexibility index (Phi) is 6.20. The summed E-state index contributed by atoms with van der Waals surface area (Å²) in [6.45, 7) is 4.77. The number of ketones is 1. The van der Waals surface area contributed by atoms with Crippen LogP contribution in [0.15, 0.2) is 23.3 Å². The molecule has 96 valence electrons. The average Bonchev–Trinajstić information content (AvgIpc) is 2.72. The van der Waals surface area contributed by atoms with Gasteiger partial charge in [-0.15, -0.1) is 0 Å². The molecule has 0 heterocycles. The number of Topliss-reactive ketones (excluding diaryl/α,β-unsaturated/α-hetero) is 1. The van der Waals surface area contributed by atoms with Crippen molar-refractivity contribution in [3.05, 3.63) is 23.3 Å². The van der Waals surface area contributed by atoms with Gasteiger partial charge in [0.15, 0.2) is 0 Å². The van der Waals surface area contributed by atoms with Gasteiger partial charge < -0.3 is 5.32 Å². The van der Waals surface area contributed by atoms with E-state index in [1.54, 1.807) is 12.5 Å². The molecule has 0 aliphatic heterocycles. The van der Waals surface area contributed by atoms with Crippen molar-refractivity contribution >= 4 is 5.78 Å². The summed E-state index contributed by atoms with van der Waals surface area (Å²) in [4.78, 5) is 11.2. The lowest BCUT2D eigenvalue weighted by molar-refractivity contribution is -0.116. The monoisotopic (exact) mass is 235 g/mol. The molecule has 0 radical (unpaired) electrons. The third-order valence-corrected chi connectivity index (χ3v) is 3.39. The molecule has 0 bridgehead atoms. The van der Waals surface area contributed by atoms with Gasteiger partial charge in [0.05, 0.1) is 0 Å². The van der Waals surface area contributed by atoms with E-state index in [1.165, 1.54) is 24.8 Å². The number of likely N-dealkylation sites (N-methyl/N-ethyl adjacent to an activating group) is 1. The maximum atomic E-state index is 11.2. The van der Waals surface area contributed by atoms with Crippen molar-refractivity contribution in [2.45, 2.75) is 46.0 Å². The van der Waals surface area contributed by atoms with E-state index in [4.69, 9.17) is 0 Å². The number of nitrogens with one attached hydrogen (secondary N) is 1. The van der Waals surface area contributed by atoms with E-state index in [9.17, 15) is 4.79 Å². The van der Waals surface area contributed by atoms with Gasteiger partial charge in [0.1, 0.15) is 5.78 Å². The lowest BCUT2D eigenvalue weighted by atomic mass is 9.96. The Morgan fingerprint density at radius 3 is 2.88 bits per heavy atom. The first kappa shape index (κ1) is 14.2. The Morgan fingerprint density at radius 1 is 1.53 bits per heavy atom. The van der Waals surface area contributed by atoms with Crippen molar-refractivity contribution in [1.29, 1.82) is 0 Å². The summed E-state index contributed by atoms with van der Waals surface area (Å²) in [5, 5.41) is 3.16. The first-order chi connectivity index (χ1) is 8.17.